The van der Waals surface area contributed by atoms with Crippen molar-refractivity contribution in [2.24, 2.45) is 5.92 Å². The van der Waals surface area contributed by atoms with Crippen LogP contribution < -0.4 is 0 Å². The standard InChI is InChI=1S/C14H31O2PS2/c1-4-5-6-7-8-9-10-11-14(12-13(2)3)19-17(15,16)18/h13-14H,4-12H2,1-3H3,(H2,15,16,18). The molecule has 0 amide bonds. The summed E-state index contributed by atoms with van der Waals surface area (Å²) in [5.74, 6) is 0.587. The van der Waals surface area contributed by atoms with Gasteiger partial charge in [0.25, 0.3) is 0 Å². The molecular weight excluding hydrogens is 295 g/mol. The summed E-state index contributed by atoms with van der Waals surface area (Å²) in [7, 11) is 0. The van der Waals surface area contributed by atoms with Crippen LogP contribution in [0.2, 0.25) is 0 Å². The first-order chi connectivity index (χ1) is 8.85. The summed E-state index contributed by atoms with van der Waals surface area (Å²) in [6.07, 6.45) is 11.2. The molecule has 2 nitrogen and oxygen atoms in total. The van der Waals surface area contributed by atoms with Crippen LogP contribution in [0.5, 0.6) is 0 Å². The molecule has 19 heavy (non-hydrogen) atoms. The molecular formula is C14H31O2PS2. The van der Waals surface area contributed by atoms with E-state index in [1.54, 1.807) is 0 Å². The van der Waals surface area contributed by atoms with Crippen molar-refractivity contribution in [3.8, 4) is 0 Å². The van der Waals surface area contributed by atoms with Crippen molar-refractivity contribution < 1.29 is 9.79 Å². The van der Waals surface area contributed by atoms with Crippen LogP contribution in [0, 0.1) is 5.92 Å². The molecule has 0 aliphatic carbocycles. The lowest BCUT2D eigenvalue weighted by Gasteiger charge is -2.20. The molecule has 0 rings (SSSR count). The largest absolute Gasteiger partial charge is 0.338 e. The Bertz CT molecular complexity index is 254. The second-order valence-corrected chi connectivity index (χ2v) is 12.0. The van der Waals surface area contributed by atoms with E-state index in [1.807, 2.05) is 0 Å². The van der Waals surface area contributed by atoms with Gasteiger partial charge in [-0.15, -0.1) is 0 Å². The lowest BCUT2D eigenvalue weighted by molar-refractivity contribution is 0.497. The molecule has 0 aromatic carbocycles. The van der Waals surface area contributed by atoms with E-state index in [4.69, 9.17) is 11.8 Å². The van der Waals surface area contributed by atoms with Crippen molar-refractivity contribution in [1.29, 1.82) is 0 Å². The third-order valence-electron chi connectivity index (χ3n) is 3.15. The van der Waals surface area contributed by atoms with Crippen LogP contribution in [0.4, 0.5) is 0 Å². The summed E-state index contributed by atoms with van der Waals surface area (Å²) in [6.45, 7) is 6.59. The molecule has 1 unspecified atom stereocenters. The second-order valence-electron chi connectivity index (χ2n) is 5.76. The first kappa shape index (κ1) is 19.9. The van der Waals surface area contributed by atoms with Crippen LogP contribution >= 0.6 is 17.1 Å². The van der Waals surface area contributed by atoms with Crippen molar-refractivity contribution >= 4 is 28.9 Å². The Morgan fingerprint density at radius 1 is 1.00 bits per heavy atom. The van der Waals surface area contributed by atoms with Crippen LogP contribution in [-0.4, -0.2) is 15.0 Å². The molecule has 0 fully saturated rings. The molecule has 0 heterocycles. The number of unbranched alkanes of at least 4 members (excludes halogenated alkanes) is 6. The van der Waals surface area contributed by atoms with E-state index in [0.29, 0.717) is 11.2 Å². The minimum Gasteiger partial charge on any atom is -0.338 e. The molecule has 0 saturated heterocycles. The topological polar surface area (TPSA) is 40.5 Å². The van der Waals surface area contributed by atoms with Crippen molar-refractivity contribution in [3.63, 3.8) is 0 Å². The highest BCUT2D eigenvalue weighted by molar-refractivity contribution is 8.67. The van der Waals surface area contributed by atoms with Gasteiger partial charge in [0.1, 0.15) is 0 Å². The smallest absolute Gasteiger partial charge is 0.242 e. The predicted octanol–water partition coefficient (Wildman–Crippen LogP) is 5.48. The van der Waals surface area contributed by atoms with E-state index in [-0.39, 0.29) is 0 Å². The average Bonchev–Trinajstić information content (AvgIpc) is 2.24. The lowest BCUT2D eigenvalue weighted by Crippen LogP contribution is -2.06. The molecule has 5 heteroatoms. The van der Waals surface area contributed by atoms with Crippen LogP contribution in [0.15, 0.2) is 0 Å². The highest BCUT2D eigenvalue weighted by Gasteiger charge is 2.19. The number of hydrogen-bond acceptors (Lipinski definition) is 2. The molecule has 0 aromatic rings. The quantitative estimate of drug-likeness (QED) is 0.368. The van der Waals surface area contributed by atoms with Crippen molar-refractivity contribution in [1.82, 2.24) is 0 Å². The maximum Gasteiger partial charge on any atom is 0.242 e. The van der Waals surface area contributed by atoms with Crippen molar-refractivity contribution in [2.75, 3.05) is 0 Å². The Balaban J connectivity index is 3.77. The Kier molecular flexibility index (Phi) is 12.1. The van der Waals surface area contributed by atoms with Crippen LogP contribution in [-0.2, 0) is 11.8 Å². The minimum atomic E-state index is -3.10. The Hall–Kier alpha value is 0.920. The van der Waals surface area contributed by atoms with Gasteiger partial charge in [0.2, 0.25) is 5.69 Å². The van der Waals surface area contributed by atoms with Crippen molar-refractivity contribution in [2.45, 2.75) is 83.8 Å². The fourth-order valence-corrected chi connectivity index (χ4v) is 6.23. The Morgan fingerprint density at radius 3 is 2.00 bits per heavy atom. The number of hydrogen-bond donors (Lipinski definition) is 2. The van der Waals surface area contributed by atoms with Gasteiger partial charge < -0.3 is 9.79 Å². The molecule has 0 bridgehead atoms. The van der Waals surface area contributed by atoms with E-state index in [9.17, 15) is 9.79 Å². The minimum absolute atomic E-state index is 0.316. The van der Waals surface area contributed by atoms with E-state index < -0.39 is 5.69 Å². The van der Waals surface area contributed by atoms with Gasteiger partial charge in [0.05, 0.1) is 0 Å². The first-order valence-electron chi connectivity index (χ1n) is 7.59. The summed E-state index contributed by atoms with van der Waals surface area (Å²) < 4.78 is 0. The summed E-state index contributed by atoms with van der Waals surface area (Å²) in [4.78, 5) is 18.9. The van der Waals surface area contributed by atoms with Gasteiger partial charge >= 0.3 is 0 Å². The van der Waals surface area contributed by atoms with Gasteiger partial charge in [0.15, 0.2) is 0 Å². The zero-order chi connectivity index (χ0) is 14.7. The summed E-state index contributed by atoms with van der Waals surface area (Å²) >= 11 is 5.99. The van der Waals surface area contributed by atoms with Gasteiger partial charge in [0, 0.05) is 5.25 Å². The first-order valence-corrected chi connectivity index (χ1v) is 11.8. The lowest BCUT2D eigenvalue weighted by atomic mass is 10.0. The van der Waals surface area contributed by atoms with Crippen LogP contribution in [0.25, 0.3) is 0 Å². The highest BCUT2D eigenvalue weighted by Crippen LogP contribution is 2.55. The monoisotopic (exact) mass is 326 g/mol. The maximum absolute atomic E-state index is 9.45. The third kappa shape index (κ3) is 15.1. The molecule has 1 atom stereocenters. The van der Waals surface area contributed by atoms with Crippen molar-refractivity contribution in [3.05, 3.63) is 0 Å². The Labute approximate surface area is 128 Å². The maximum atomic E-state index is 9.45. The molecule has 0 aromatic heterocycles. The fraction of sp³-hybridized carbons (Fsp3) is 1.00. The summed E-state index contributed by atoms with van der Waals surface area (Å²) in [6, 6.07) is 0. The van der Waals surface area contributed by atoms with Gasteiger partial charge in [-0.1, -0.05) is 77.1 Å². The number of rotatable bonds is 12. The summed E-state index contributed by atoms with van der Waals surface area (Å²) in [5.41, 5.74) is -3.10. The van der Waals surface area contributed by atoms with Gasteiger partial charge in [-0.25, -0.2) is 0 Å². The van der Waals surface area contributed by atoms with Gasteiger partial charge in [-0.3, -0.25) is 0 Å². The molecule has 0 radical (unpaired) electrons. The van der Waals surface area contributed by atoms with Gasteiger partial charge in [-0.05, 0) is 30.6 Å². The SMILES string of the molecule is CCCCCCCCCC(CC(C)C)SP(O)(O)=S. The zero-order valence-corrected chi connectivity index (χ0v) is 15.2. The molecule has 2 N–H and O–H groups in total. The molecule has 0 spiro atoms. The van der Waals surface area contributed by atoms with E-state index >= 15 is 0 Å². The highest BCUT2D eigenvalue weighted by atomic mass is 32.9. The summed E-state index contributed by atoms with van der Waals surface area (Å²) in [5, 5.41) is 0.316. The molecule has 0 saturated carbocycles. The van der Waals surface area contributed by atoms with Crippen LogP contribution in [0.3, 0.4) is 0 Å². The second kappa shape index (κ2) is 11.6. The molecule has 116 valence electrons. The molecule has 0 aliphatic rings. The van der Waals surface area contributed by atoms with E-state index in [0.717, 1.165) is 12.8 Å². The normalized spacial score (nSPS) is 14.0. The van der Waals surface area contributed by atoms with Gasteiger partial charge in [-0.2, -0.15) is 0 Å². The fourth-order valence-electron chi connectivity index (χ4n) is 2.26. The Morgan fingerprint density at radius 2 is 1.53 bits per heavy atom. The predicted molar refractivity (Wildman–Crippen MR) is 92.2 cm³/mol. The van der Waals surface area contributed by atoms with E-state index in [1.165, 1.54) is 56.3 Å². The van der Waals surface area contributed by atoms with E-state index in [2.05, 4.69) is 20.8 Å². The third-order valence-corrected chi connectivity index (χ3v) is 6.64. The molecule has 0 aliphatic heterocycles. The van der Waals surface area contributed by atoms with Crippen LogP contribution in [0.1, 0.15) is 78.6 Å². The zero-order valence-electron chi connectivity index (χ0n) is 12.7. The average molecular weight is 327 g/mol.